The van der Waals surface area contributed by atoms with Crippen molar-refractivity contribution in [3.63, 3.8) is 0 Å². The lowest BCUT2D eigenvalue weighted by Gasteiger charge is -2.32. The van der Waals surface area contributed by atoms with Crippen molar-refractivity contribution in [1.82, 2.24) is 0 Å². The number of rotatable bonds is 2. The summed E-state index contributed by atoms with van der Waals surface area (Å²) in [6, 6.07) is 0. The summed E-state index contributed by atoms with van der Waals surface area (Å²) >= 11 is 0. The lowest BCUT2D eigenvalue weighted by atomic mass is 9.73. The van der Waals surface area contributed by atoms with Gasteiger partial charge in [-0.1, -0.05) is 200 Å². The van der Waals surface area contributed by atoms with Crippen molar-refractivity contribution in [3.8, 4) is 0 Å². The van der Waals surface area contributed by atoms with Crippen LogP contribution in [0.4, 0.5) is 0 Å². The molecule has 7 fully saturated rings. The third kappa shape index (κ3) is 12.5. The quantitative estimate of drug-likeness (QED) is 0.311. The Hall–Kier alpha value is 0. The van der Waals surface area contributed by atoms with E-state index >= 15 is 0 Å². The molecule has 0 amide bonds. The molecule has 7 aliphatic rings. The topological polar surface area (TPSA) is 0 Å². The molecule has 0 bridgehead atoms. The van der Waals surface area contributed by atoms with Crippen molar-refractivity contribution in [2.45, 2.75) is 213 Å². The summed E-state index contributed by atoms with van der Waals surface area (Å²) in [6.45, 7) is 4.90. The minimum Gasteiger partial charge on any atom is -0.0625 e. The highest BCUT2D eigenvalue weighted by atomic mass is 14.4. The molecule has 0 aliphatic heterocycles. The molecule has 0 aromatic rings. The first-order valence-corrected chi connectivity index (χ1v) is 20.2. The van der Waals surface area contributed by atoms with Gasteiger partial charge in [-0.15, -0.1) is 0 Å². The highest BCUT2D eigenvalue weighted by Crippen LogP contribution is 2.47. The second kappa shape index (κ2) is 20.1. The Bertz CT molecular complexity index is 532. The summed E-state index contributed by atoms with van der Waals surface area (Å²) in [5.74, 6) is 8.85. The summed E-state index contributed by atoms with van der Waals surface area (Å²) in [7, 11) is 0. The van der Waals surface area contributed by atoms with E-state index < -0.39 is 0 Å². The molecule has 4 atom stereocenters. The van der Waals surface area contributed by atoms with E-state index in [9.17, 15) is 0 Å². The predicted molar refractivity (Wildman–Crippen MR) is 182 cm³/mol. The van der Waals surface area contributed by atoms with Gasteiger partial charge in [-0.2, -0.15) is 0 Å². The Labute approximate surface area is 259 Å². The Kier molecular flexibility index (Phi) is 16.6. The fraction of sp³-hybridized carbons (Fsp3) is 1.00. The van der Waals surface area contributed by atoms with E-state index in [2.05, 4.69) is 13.8 Å². The molecule has 0 aromatic heterocycles. The smallest absolute Gasteiger partial charge is 0.0357 e. The second-order valence-electron chi connectivity index (χ2n) is 16.6. The van der Waals surface area contributed by atoms with E-state index in [-0.39, 0.29) is 0 Å². The first-order valence-electron chi connectivity index (χ1n) is 20.2. The van der Waals surface area contributed by atoms with Gasteiger partial charge in [0, 0.05) is 0 Å². The van der Waals surface area contributed by atoms with E-state index in [1.54, 1.807) is 57.8 Å². The molecule has 240 valence electrons. The molecule has 4 unspecified atom stereocenters. The molecule has 0 radical (unpaired) electrons. The summed E-state index contributed by atoms with van der Waals surface area (Å²) in [4.78, 5) is 0. The van der Waals surface area contributed by atoms with E-state index in [0.717, 1.165) is 47.3 Å². The fourth-order valence-electron chi connectivity index (χ4n) is 10.9. The van der Waals surface area contributed by atoms with Crippen molar-refractivity contribution in [3.05, 3.63) is 0 Å². The van der Waals surface area contributed by atoms with Crippen LogP contribution in [0.5, 0.6) is 0 Å². The predicted octanol–water partition coefficient (Wildman–Crippen LogP) is 14.1. The highest BCUT2D eigenvalue weighted by molar-refractivity contribution is 4.87. The Morgan fingerprint density at radius 3 is 0.878 bits per heavy atom. The van der Waals surface area contributed by atoms with Gasteiger partial charge in [0.05, 0.1) is 0 Å². The average molecular weight is 569 g/mol. The molecular weight excluding hydrogens is 492 g/mol. The van der Waals surface area contributed by atoms with E-state index in [1.165, 1.54) is 141 Å². The van der Waals surface area contributed by atoms with Crippen LogP contribution in [0, 0.1) is 47.3 Å². The van der Waals surface area contributed by atoms with Crippen LogP contribution in [0.1, 0.15) is 213 Å². The molecule has 7 aliphatic carbocycles. The SMILES string of the molecule is C1CCC(C2CCCCC2)CC1.C1CCC(C2CCCCC2)CC1.C1CCCCC1.CC1CC2CCCC(C)C2C1. The zero-order valence-corrected chi connectivity index (χ0v) is 28.5. The average Bonchev–Trinajstić information content (AvgIpc) is 3.46. The zero-order valence-electron chi connectivity index (χ0n) is 28.5. The van der Waals surface area contributed by atoms with Crippen LogP contribution in [0.2, 0.25) is 0 Å². The summed E-state index contributed by atoms with van der Waals surface area (Å²) in [6.07, 6.45) is 47.4. The lowest BCUT2D eigenvalue weighted by molar-refractivity contribution is 0.196. The highest BCUT2D eigenvalue weighted by Gasteiger charge is 2.37. The van der Waals surface area contributed by atoms with Crippen LogP contribution in [0.15, 0.2) is 0 Å². The maximum Gasteiger partial charge on any atom is -0.0357 e. The van der Waals surface area contributed by atoms with Crippen LogP contribution in [0.3, 0.4) is 0 Å². The van der Waals surface area contributed by atoms with Gasteiger partial charge in [-0.25, -0.2) is 0 Å². The third-order valence-electron chi connectivity index (χ3n) is 13.4. The second-order valence-corrected chi connectivity index (χ2v) is 16.6. The van der Waals surface area contributed by atoms with Gasteiger partial charge in [0.25, 0.3) is 0 Å². The van der Waals surface area contributed by atoms with Gasteiger partial charge in [0.15, 0.2) is 0 Å². The molecule has 0 heterocycles. The number of hydrogen-bond donors (Lipinski definition) is 0. The minimum absolute atomic E-state index is 1.03. The van der Waals surface area contributed by atoms with Crippen LogP contribution in [0.25, 0.3) is 0 Å². The van der Waals surface area contributed by atoms with Crippen molar-refractivity contribution in [2.24, 2.45) is 47.3 Å². The molecule has 7 saturated carbocycles. The maximum atomic E-state index is 2.47. The van der Waals surface area contributed by atoms with Crippen molar-refractivity contribution < 1.29 is 0 Å². The van der Waals surface area contributed by atoms with Crippen LogP contribution in [-0.4, -0.2) is 0 Å². The molecule has 0 spiro atoms. The zero-order chi connectivity index (χ0) is 28.5. The molecular formula is C41H76. The molecule has 0 nitrogen and oxygen atoms in total. The van der Waals surface area contributed by atoms with E-state index in [0.29, 0.717) is 0 Å². The maximum absolute atomic E-state index is 2.47. The molecule has 0 heteroatoms. The van der Waals surface area contributed by atoms with Gasteiger partial charge in [0.2, 0.25) is 0 Å². The first kappa shape index (κ1) is 33.9. The lowest BCUT2D eigenvalue weighted by Crippen LogP contribution is -2.21. The Morgan fingerprint density at radius 2 is 0.561 bits per heavy atom. The standard InChI is InChI=1S/2C12H22.C11H20.C6H12/c2*1-3-7-11(8-4-1)12-9-5-2-6-10-12;1-8-6-10-5-3-4-9(2)11(10)7-8;1-2-4-6-5-3-1/h2*11-12H,1-10H2;8-11H,3-7H2,1-2H3;1-6H2. The van der Waals surface area contributed by atoms with Gasteiger partial charge in [-0.05, 0) is 60.2 Å². The third-order valence-corrected chi connectivity index (χ3v) is 13.4. The molecule has 0 aromatic carbocycles. The normalized spacial score (nSPS) is 34.1. The molecule has 41 heavy (non-hydrogen) atoms. The van der Waals surface area contributed by atoms with Gasteiger partial charge in [-0.3, -0.25) is 0 Å². The number of fused-ring (bicyclic) bond motifs is 1. The summed E-state index contributed by atoms with van der Waals surface area (Å²) in [5, 5.41) is 0. The van der Waals surface area contributed by atoms with Crippen molar-refractivity contribution in [1.29, 1.82) is 0 Å². The monoisotopic (exact) mass is 569 g/mol. The molecule has 0 N–H and O–H groups in total. The first-order chi connectivity index (χ1) is 20.2. The Balaban J connectivity index is 0.000000129. The van der Waals surface area contributed by atoms with Crippen molar-refractivity contribution >= 4 is 0 Å². The van der Waals surface area contributed by atoms with Gasteiger partial charge < -0.3 is 0 Å². The van der Waals surface area contributed by atoms with Crippen molar-refractivity contribution in [2.75, 3.05) is 0 Å². The van der Waals surface area contributed by atoms with Gasteiger partial charge >= 0.3 is 0 Å². The van der Waals surface area contributed by atoms with E-state index in [1.807, 2.05) is 0 Å². The minimum atomic E-state index is 1.03. The van der Waals surface area contributed by atoms with E-state index in [4.69, 9.17) is 0 Å². The molecule has 7 rings (SSSR count). The Morgan fingerprint density at radius 1 is 0.268 bits per heavy atom. The van der Waals surface area contributed by atoms with Crippen LogP contribution in [-0.2, 0) is 0 Å². The summed E-state index contributed by atoms with van der Waals surface area (Å²) < 4.78 is 0. The summed E-state index contributed by atoms with van der Waals surface area (Å²) in [5.41, 5.74) is 0. The van der Waals surface area contributed by atoms with Crippen LogP contribution < -0.4 is 0 Å². The van der Waals surface area contributed by atoms with Gasteiger partial charge in [0.1, 0.15) is 0 Å². The van der Waals surface area contributed by atoms with Crippen LogP contribution >= 0.6 is 0 Å². The fourth-order valence-corrected chi connectivity index (χ4v) is 10.9. The molecule has 0 saturated heterocycles. The number of hydrogen-bond acceptors (Lipinski definition) is 0. The largest absolute Gasteiger partial charge is 0.0625 e.